The third kappa shape index (κ3) is 2.80. The minimum absolute atomic E-state index is 0.206. The summed E-state index contributed by atoms with van der Waals surface area (Å²) in [5.41, 5.74) is 0.763. The highest BCUT2D eigenvalue weighted by atomic mass is 32.2. The lowest BCUT2D eigenvalue weighted by atomic mass is 10.1. The standard InChI is InChI=1S/C17H14O4S/c1-20-11-7-8-14-13(9-11)16(17(18)19)15(21-14)10-22-12-5-3-2-4-6-12/h2-9H,10H2,1H3,(H,18,19). The Morgan fingerprint density at radius 2 is 2.00 bits per heavy atom. The van der Waals surface area contributed by atoms with Crippen molar-refractivity contribution in [2.45, 2.75) is 10.6 Å². The van der Waals surface area contributed by atoms with Gasteiger partial charge in [-0.3, -0.25) is 0 Å². The van der Waals surface area contributed by atoms with E-state index in [1.54, 1.807) is 37.1 Å². The molecular weight excluding hydrogens is 300 g/mol. The SMILES string of the molecule is COc1ccc2oc(CSc3ccccc3)c(C(=O)O)c2c1. The zero-order valence-electron chi connectivity index (χ0n) is 11.9. The van der Waals surface area contributed by atoms with Gasteiger partial charge in [0, 0.05) is 10.3 Å². The average Bonchev–Trinajstić information content (AvgIpc) is 2.91. The number of carboxylic acids is 1. The Kier molecular flexibility index (Phi) is 4.06. The van der Waals surface area contributed by atoms with Crippen molar-refractivity contribution in [1.82, 2.24) is 0 Å². The van der Waals surface area contributed by atoms with Gasteiger partial charge < -0.3 is 14.3 Å². The molecule has 0 radical (unpaired) electrons. The van der Waals surface area contributed by atoms with E-state index in [1.807, 2.05) is 30.3 Å². The van der Waals surface area contributed by atoms with E-state index < -0.39 is 5.97 Å². The fraction of sp³-hybridized carbons (Fsp3) is 0.118. The Labute approximate surface area is 131 Å². The summed E-state index contributed by atoms with van der Waals surface area (Å²) in [5, 5.41) is 10.1. The molecule has 4 nitrogen and oxygen atoms in total. The number of carboxylic acid groups (broad SMARTS) is 1. The molecule has 0 unspecified atom stereocenters. The average molecular weight is 314 g/mol. The van der Waals surface area contributed by atoms with Crippen LogP contribution in [0.5, 0.6) is 5.75 Å². The second kappa shape index (κ2) is 6.15. The Hall–Kier alpha value is -2.40. The number of benzene rings is 2. The lowest BCUT2D eigenvalue weighted by molar-refractivity contribution is 0.0697. The third-order valence-corrected chi connectivity index (χ3v) is 4.31. The molecule has 1 N–H and O–H groups in total. The normalized spacial score (nSPS) is 10.8. The topological polar surface area (TPSA) is 59.7 Å². The van der Waals surface area contributed by atoms with Gasteiger partial charge in [0.1, 0.15) is 22.7 Å². The monoisotopic (exact) mass is 314 g/mol. The summed E-state index contributed by atoms with van der Waals surface area (Å²) in [5.74, 6) is 0.543. The van der Waals surface area contributed by atoms with Crippen LogP contribution in [0.2, 0.25) is 0 Å². The summed E-state index contributed by atoms with van der Waals surface area (Å²) >= 11 is 1.54. The van der Waals surface area contributed by atoms with E-state index in [0.717, 1.165) is 4.90 Å². The molecule has 22 heavy (non-hydrogen) atoms. The Balaban J connectivity index is 1.98. The lowest BCUT2D eigenvalue weighted by Gasteiger charge is -2.00. The first-order valence-corrected chi connectivity index (χ1v) is 7.68. The molecule has 0 spiro atoms. The first-order chi connectivity index (χ1) is 10.7. The number of hydrogen-bond acceptors (Lipinski definition) is 4. The predicted molar refractivity (Wildman–Crippen MR) is 85.7 cm³/mol. The van der Waals surface area contributed by atoms with Crippen molar-refractivity contribution in [3.05, 3.63) is 59.9 Å². The molecule has 0 aliphatic rings. The van der Waals surface area contributed by atoms with E-state index in [-0.39, 0.29) is 5.56 Å². The van der Waals surface area contributed by atoms with Gasteiger partial charge in [0.05, 0.1) is 12.9 Å². The van der Waals surface area contributed by atoms with Crippen LogP contribution in [-0.4, -0.2) is 18.2 Å². The highest BCUT2D eigenvalue weighted by molar-refractivity contribution is 7.98. The van der Waals surface area contributed by atoms with Gasteiger partial charge in [-0.2, -0.15) is 0 Å². The van der Waals surface area contributed by atoms with E-state index in [9.17, 15) is 9.90 Å². The molecule has 0 saturated heterocycles. The Morgan fingerprint density at radius 3 is 2.68 bits per heavy atom. The maximum atomic E-state index is 11.6. The summed E-state index contributed by atoms with van der Waals surface area (Å²) in [6.45, 7) is 0. The fourth-order valence-corrected chi connectivity index (χ4v) is 3.11. The van der Waals surface area contributed by atoms with Crippen LogP contribution in [0.15, 0.2) is 57.8 Å². The number of hydrogen-bond donors (Lipinski definition) is 1. The molecule has 112 valence electrons. The Bertz CT molecular complexity index is 808. The van der Waals surface area contributed by atoms with Crippen LogP contribution in [0, 0.1) is 0 Å². The van der Waals surface area contributed by atoms with Gasteiger partial charge in [0.25, 0.3) is 0 Å². The van der Waals surface area contributed by atoms with Gasteiger partial charge in [-0.25, -0.2) is 4.79 Å². The predicted octanol–water partition coefficient (Wildman–Crippen LogP) is 4.43. The second-order valence-corrected chi connectivity index (χ2v) is 5.72. The minimum atomic E-state index is -0.990. The van der Waals surface area contributed by atoms with Crippen molar-refractivity contribution in [2.75, 3.05) is 7.11 Å². The van der Waals surface area contributed by atoms with E-state index >= 15 is 0 Å². The van der Waals surface area contributed by atoms with Crippen LogP contribution < -0.4 is 4.74 Å². The number of rotatable bonds is 5. The summed E-state index contributed by atoms with van der Waals surface area (Å²) < 4.78 is 10.9. The fourth-order valence-electron chi connectivity index (χ4n) is 2.26. The van der Waals surface area contributed by atoms with Crippen LogP contribution in [0.4, 0.5) is 0 Å². The van der Waals surface area contributed by atoms with Crippen LogP contribution in [0.3, 0.4) is 0 Å². The number of fused-ring (bicyclic) bond motifs is 1. The molecule has 3 rings (SSSR count). The molecule has 0 saturated carbocycles. The third-order valence-electron chi connectivity index (χ3n) is 3.30. The van der Waals surface area contributed by atoms with E-state index in [1.165, 1.54) is 0 Å². The maximum absolute atomic E-state index is 11.6. The number of carbonyl (C=O) groups is 1. The van der Waals surface area contributed by atoms with Crippen LogP contribution in [-0.2, 0) is 5.75 Å². The first kappa shape index (κ1) is 14.5. The number of ether oxygens (including phenoxy) is 1. The summed E-state index contributed by atoms with van der Waals surface area (Å²) in [7, 11) is 1.55. The largest absolute Gasteiger partial charge is 0.497 e. The summed E-state index contributed by atoms with van der Waals surface area (Å²) in [6.07, 6.45) is 0. The number of methoxy groups -OCH3 is 1. The van der Waals surface area contributed by atoms with Crippen molar-refractivity contribution in [1.29, 1.82) is 0 Å². The van der Waals surface area contributed by atoms with Gasteiger partial charge in [-0.15, -0.1) is 11.8 Å². The van der Waals surface area contributed by atoms with E-state index in [2.05, 4.69) is 0 Å². The zero-order valence-corrected chi connectivity index (χ0v) is 12.7. The van der Waals surface area contributed by atoms with Crippen LogP contribution in [0.25, 0.3) is 11.0 Å². The van der Waals surface area contributed by atoms with Crippen molar-refractivity contribution in [2.24, 2.45) is 0 Å². The van der Waals surface area contributed by atoms with E-state index in [0.29, 0.717) is 28.2 Å². The van der Waals surface area contributed by atoms with Gasteiger partial charge in [-0.1, -0.05) is 18.2 Å². The van der Waals surface area contributed by atoms with Crippen LogP contribution >= 0.6 is 11.8 Å². The molecule has 0 bridgehead atoms. The number of furan rings is 1. The molecule has 1 aromatic heterocycles. The van der Waals surface area contributed by atoms with Crippen molar-refractivity contribution >= 4 is 28.7 Å². The van der Waals surface area contributed by atoms with Gasteiger partial charge in [0.15, 0.2) is 0 Å². The maximum Gasteiger partial charge on any atom is 0.339 e. The molecule has 0 aliphatic heterocycles. The van der Waals surface area contributed by atoms with Gasteiger partial charge >= 0.3 is 5.97 Å². The van der Waals surface area contributed by atoms with Crippen molar-refractivity contribution < 1.29 is 19.1 Å². The second-order valence-electron chi connectivity index (χ2n) is 4.67. The first-order valence-electron chi connectivity index (χ1n) is 6.69. The van der Waals surface area contributed by atoms with E-state index in [4.69, 9.17) is 9.15 Å². The quantitative estimate of drug-likeness (QED) is 0.706. The lowest BCUT2D eigenvalue weighted by Crippen LogP contribution is -1.98. The molecule has 2 aromatic carbocycles. The molecule has 5 heteroatoms. The molecule has 0 atom stereocenters. The highest BCUT2D eigenvalue weighted by Crippen LogP contribution is 2.33. The molecule has 3 aromatic rings. The smallest absolute Gasteiger partial charge is 0.339 e. The molecule has 0 aliphatic carbocycles. The molecule has 0 fully saturated rings. The number of thioether (sulfide) groups is 1. The highest BCUT2D eigenvalue weighted by Gasteiger charge is 2.20. The molecule has 1 heterocycles. The van der Waals surface area contributed by atoms with Gasteiger partial charge in [-0.05, 0) is 30.3 Å². The summed E-state index contributed by atoms with van der Waals surface area (Å²) in [6, 6.07) is 15.0. The minimum Gasteiger partial charge on any atom is -0.497 e. The number of aromatic carboxylic acids is 1. The Morgan fingerprint density at radius 1 is 1.23 bits per heavy atom. The van der Waals surface area contributed by atoms with Crippen molar-refractivity contribution in [3.8, 4) is 5.75 Å². The van der Waals surface area contributed by atoms with Crippen molar-refractivity contribution in [3.63, 3.8) is 0 Å². The molecule has 0 amide bonds. The zero-order chi connectivity index (χ0) is 15.5. The van der Waals surface area contributed by atoms with Crippen LogP contribution in [0.1, 0.15) is 16.1 Å². The van der Waals surface area contributed by atoms with Gasteiger partial charge in [0.2, 0.25) is 0 Å². The summed E-state index contributed by atoms with van der Waals surface area (Å²) in [4.78, 5) is 12.7. The molecular formula is C17H14O4S.